The summed E-state index contributed by atoms with van der Waals surface area (Å²) in [6.07, 6.45) is 1.08. The topological polar surface area (TPSA) is 84.9 Å². The summed E-state index contributed by atoms with van der Waals surface area (Å²) in [5.41, 5.74) is 1.05. The van der Waals surface area contributed by atoms with E-state index < -0.39 is 15.9 Å². The molecule has 7 nitrogen and oxygen atoms in total. The Hall–Kier alpha value is -2.74. The van der Waals surface area contributed by atoms with Crippen LogP contribution >= 0.6 is 0 Å². The molecule has 0 atom stereocenters. The Morgan fingerprint density at radius 3 is 2.46 bits per heavy atom. The maximum absolute atomic E-state index is 12.7. The molecule has 0 aliphatic heterocycles. The first-order chi connectivity index (χ1) is 12.3. The van der Waals surface area contributed by atoms with Crippen molar-refractivity contribution in [2.24, 2.45) is 0 Å². The lowest BCUT2D eigenvalue weighted by atomic mass is 10.1. The van der Waals surface area contributed by atoms with Crippen LogP contribution in [0.2, 0.25) is 0 Å². The molecule has 0 saturated carbocycles. The van der Waals surface area contributed by atoms with Gasteiger partial charge in [-0.05, 0) is 31.2 Å². The number of hydrogen-bond donors (Lipinski definition) is 1. The third-order valence-electron chi connectivity index (χ3n) is 3.71. The number of ether oxygens (including phenoxy) is 2. The van der Waals surface area contributed by atoms with Gasteiger partial charge in [0, 0.05) is 18.8 Å². The summed E-state index contributed by atoms with van der Waals surface area (Å²) in [6, 6.07) is 11.5. The second kappa shape index (κ2) is 8.09. The Morgan fingerprint density at radius 1 is 1.15 bits per heavy atom. The Bertz CT molecular complexity index is 896. The molecule has 0 saturated heterocycles. The van der Waals surface area contributed by atoms with Gasteiger partial charge in [-0.25, -0.2) is 8.42 Å². The van der Waals surface area contributed by atoms with Gasteiger partial charge in [-0.15, -0.1) is 0 Å². The smallest absolute Gasteiger partial charge is 0.257 e. The number of hydrogen-bond acceptors (Lipinski definition) is 5. The van der Waals surface area contributed by atoms with Crippen LogP contribution in [0.1, 0.15) is 17.3 Å². The van der Waals surface area contributed by atoms with Gasteiger partial charge in [0.25, 0.3) is 5.91 Å². The second-order valence-electron chi connectivity index (χ2n) is 5.50. The van der Waals surface area contributed by atoms with Crippen molar-refractivity contribution in [3.63, 3.8) is 0 Å². The van der Waals surface area contributed by atoms with Crippen molar-refractivity contribution in [3.05, 3.63) is 48.0 Å². The Morgan fingerprint density at radius 2 is 1.85 bits per heavy atom. The summed E-state index contributed by atoms with van der Waals surface area (Å²) in [4.78, 5) is 12.7. The third-order valence-corrected chi connectivity index (χ3v) is 4.90. The SMILES string of the molecule is CCOc1ccc(NC(=O)c2ccccc2N(C)S(C)(=O)=O)cc1OC. The highest BCUT2D eigenvalue weighted by Crippen LogP contribution is 2.31. The minimum Gasteiger partial charge on any atom is -0.493 e. The molecule has 2 rings (SSSR count). The number of sulfonamides is 1. The molecule has 1 amide bonds. The van der Waals surface area contributed by atoms with Gasteiger partial charge in [-0.1, -0.05) is 12.1 Å². The molecule has 0 unspecified atom stereocenters. The van der Waals surface area contributed by atoms with E-state index in [1.807, 2.05) is 6.92 Å². The first-order valence-electron chi connectivity index (χ1n) is 7.93. The van der Waals surface area contributed by atoms with Crippen molar-refractivity contribution in [3.8, 4) is 11.5 Å². The van der Waals surface area contributed by atoms with E-state index in [1.54, 1.807) is 42.5 Å². The zero-order valence-electron chi connectivity index (χ0n) is 15.1. The number of amides is 1. The van der Waals surface area contributed by atoms with E-state index in [9.17, 15) is 13.2 Å². The molecule has 0 aliphatic carbocycles. The summed E-state index contributed by atoms with van der Waals surface area (Å²) >= 11 is 0. The van der Waals surface area contributed by atoms with Gasteiger partial charge in [0.1, 0.15) is 0 Å². The van der Waals surface area contributed by atoms with Crippen molar-refractivity contribution in [1.82, 2.24) is 0 Å². The van der Waals surface area contributed by atoms with Crippen LogP contribution in [-0.2, 0) is 10.0 Å². The van der Waals surface area contributed by atoms with Crippen LogP contribution in [-0.4, -0.2) is 41.3 Å². The lowest BCUT2D eigenvalue weighted by molar-refractivity contribution is 0.102. The van der Waals surface area contributed by atoms with E-state index in [4.69, 9.17) is 9.47 Å². The Labute approximate surface area is 153 Å². The zero-order chi connectivity index (χ0) is 19.3. The standard InChI is InChI=1S/C18H22N2O5S/c1-5-25-16-11-10-13(12-17(16)24-3)19-18(21)14-8-6-7-9-15(14)20(2)26(4,22)23/h6-12H,5H2,1-4H3,(H,19,21). The van der Waals surface area contributed by atoms with E-state index in [0.29, 0.717) is 29.5 Å². The number of para-hydroxylation sites is 1. The number of rotatable bonds is 7. The lowest BCUT2D eigenvalue weighted by Crippen LogP contribution is -2.27. The largest absolute Gasteiger partial charge is 0.493 e. The van der Waals surface area contributed by atoms with Gasteiger partial charge in [-0.3, -0.25) is 9.10 Å². The van der Waals surface area contributed by atoms with Crippen molar-refractivity contribution < 1.29 is 22.7 Å². The first-order valence-corrected chi connectivity index (χ1v) is 9.78. The third kappa shape index (κ3) is 4.45. The zero-order valence-corrected chi connectivity index (χ0v) is 16.0. The molecule has 1 N–H and O–H groups in total. The van der Waals surface area contributed by atoms with Gasteiger partial charge in [-0.2, -0.15) is 0 Å². The van der Waals surface area contributed by atoms with Crippen molar-refractivity contribution in [1.29, 1.82) is 0 Å². The highest BCUT2D eigenvalue weighted by Gasteiger charge is 2.19. The summed E-state index contributed by atoms with van der Waals surface area (Å²) in [5.74, 6) is 0.638. The molecule has 26 heavy (non-hydrogen) atoms. The number of carbonyl (C=O) groups is 1. The van der Waals surface area contributed by atoms with Crippen LogP contribution in [0.15, 0.2) is 42.5 Å². The fourth-order valence-corrected chi connectivity index (χ4v) is 2.85. The number of methoxy groups -OCH3 is 1. The predicted molar refractivity (Wildman–Crippen MR) is 102 cm³/mol. The van der Waals surface area contributed by atoms with Crippen molar-refractivity contribution >= 4 is 27.3 Å². The number of nitrogens with zero attached hydrogens (tertiary/aromatic N) is 1. The van der Waals surface area contributed by atoms with Crippen LogP contribution in [0, 0.1) is 0 Å². The molecule has 2 aromatic carbocycles. The number of benzene rings is 2. The molecule has 0 bridgehead atoms. The number of anilines is 2. The number of nitrogens with one attached hydrogen (secondary N) is 1. The molecule has 140 valence electrons. The van der Waals surface area contributed by atoms with Crippen LogP contribution in [0.25, 0.3) is 0 Å². The first kappa shape index (κ1) is 19.6. The maximum atomic E-state index is 12.7. The molecule has 0 aliphatic rings. The average molecular weight is 378 g/mol. The molecular weight excluding hydrogens is 356 g/mol. The van der Waals surface area contributed by atoms with Crippen LogP contribution < -0.4 is 19.1 Å². The average Bonchev–Trinajstić information content (AvgIpc) is 2.61. The van der Waals surface area contributed by atoms with E-state index in [1.165, 1.54) is 14.2 Å². The van der Waals surface area contributed by atoms with E-state index >= 15 is 0 Å². The Balaban J connectivity index is 2.31. The maximum Gasteiger partial charge on any atom is 0.257 e. The second-order valence-corrected chi connectivity index (χ2v) is 7.51. The molecular formula is C18H22N2O5S. The number of carbonyl (C=O) groups excluding carboxylic acids is 1. The minimum absolute atomic E-state index is 0.244. The van der Waals surface area contributed by atoms with Crippen molar-refractivity contribution in [2.75, 3.05) is 36.6 Å². The van der Waals surface area contributed by atoms with Gasteiger partial charge in [0.15, 0.2) is 11.5 Å². The van der Waals surface area contributed by atoms with Gasteiger partial charge in [0.05, 0.1) is 31.2 Å². The monoisotopic (exact) mass is 378 g/mol. The Kier molecular flexibility index (Phi) is 6.10. The molecule has 0 aromatic heterocycles. The van der Waals surface area contributed by atoms with Crippen LogP contribution in [0.5, 0.6) is 11.5 Å². The molecule has 0 spiro atoms. The summed E-state index contributed by atoms with van der Waals surface area (Å²) in [6.45, 7) is 2.36. The van der Waals surface area contributed by atoms with Gasteiger partial charge >= 0.3 is 0 Å². The highest BCUT2D eigenvalue weighted by molar-refractivity contribution is 7.92. The lowest BCUT2D eigenvalue weighted by Gasteiger charge is -2.20. The molecule has 0 fully saturated rings. The summed E-state index contributed by atoms with van der Waals surface area (Å²) in [7, 11) is -0.573. The molecule has 8 heteroatoms. The molecule has 0 radical (unpaired) electrons. The fraction of sp³-hybridized carbons (Fsp3) is 0.278. The van der Waals surface area contributed by atoms with E-state index in [-0.39, 0.29) is 5.56 Å². The van der Waals surface area contributed by atoms with Crippen molar-refractivity contribution in [2.45, 2.75) is 6.92 Å². The predicted octanol–water partition coefficient (Wildman–Crippen LogP) is 2.74. The molecule has 2 aromatic rings. The summed E-state index contributed by atoms with van der Waals surface area (Å²) in [5, 5.41) is 2.75. The fourth-order valence-electron chi connectivity index (χ4n) is 2.34. The van der Waals surface area contributed by atoms with Crippen LogP contribution in [0.3, 0.4) is 0 Å². The minimum atomic E-state index is -3.49. The quantitative estimate of drug-likeness (QED) is 0.801. The van der Waals surface area contributed by atoms with Gasteiger partial charge in [0.2, 0.25) is 10.0 Å². The van der Waals surface area contributed by atoms with Gasteiger partial charge < -0.3 is 14.8 Å². The highest BCUT2D eigenvalue weighted by atomic mass is 32.2. The van der Waals surface area contributed by atoms with E-state index in [0.717, 1.165) is 10.6 Å². The molecule has 0 heterocycles. The van der Waals surface area contributed by atoms with Crippen LogP contribution in [0.4, 0.5) is 11.4 Å². The summed E-state index contributed by atoms with van der Waals surface area (Å²) < 4.78 is 35.4. The normalized spacial score (nSPS) is 10.9. The van der Waals surface area contributed by atoms with E-state index in [2.05, 4.69) is 5.32 Å².